The molecule has 0 spiro atoms. The zero-order valence-corrected chi connectivity index (χ0v) is 15.9. The van der Waals surface area contributed by atoms with E-state index in [2.05, 4.69) is 10.6 Å². The summed E-state index contributed by atoms with van der Waals surface area (Å²) >= 11 is 1.57. The van der Waals surface area contributed by atoms with Crippen LogP contribution in [0, 0.1) is 0 Å². The van der Waals surface area contributed by atoms with Crippen LogP contribution in [0.2, 0.25) is 0 Å². The Morgan fingerprint density at radius 3 is 2.21 bits per heavy atom. The third-order valence-corrected chi connectivity index (χ3v) is 4.97. The largest absolute Gasteiger partial charge is 0.416 e. The van der Waals surface area contributed by atoms with E-state index >= 15 is 0 Å². The van der Waals surface area contributed by atoms with Gasteiger partial charge in [0.15, 0.2) is 0 Å². The van der Waals surface area contributed by atoms with E-state index in [1.165, 1.54) is 0 Å². The molecule has 1 heterocycles. The van der Waals surface area contributed by atoms with E-state index in [0.717, 1.165) is 34.7 Å². The van der Waals surface area contributed by atoms with Crippen LogP contribution in [0.25, 0.3) is 0 Å². The molecule has 29 heavy (non-hydrogen) atoms. The lowest BCUT2D eigenvalue weighted by Crippen LogP contribution is -2.24. The Morgan fingerprint density at radius 2 is 1.62 bits per heavy atom. The summed E-state index contributed by atoms with van der Waals surface area (Å²) in [7, 11) is 0. The maximum atomic E-state index is 12.6. The molecule has 0 aliphatic carbocycles. The van der Waals surface area contributed by atoms with Gasteiger partial charge in [-0.25, -0.2) is 0 Å². The molecule has 2 amide bonds. The van der Waals surface area contributed by atoms with Gasteiger partial charge in [0.2, 0.25) is 5.91 Å². The van der Waals surface area contributed by atoms with Gasteiger partial charge in [-0.15, -0.1) is 11.3 Å². The number of hydrogen-bond donors (Lipinski definition) is 2. The maximum absolute atomic E-state index is 12.6. The summed E-state index contributed by atoms with van der Waals surface area (Å²) in [6.07, 6.45) is -4.24. The van der Waals surface area contributed by atoms with Crippen molar-refractivity contribution in [2.24, 2.45) is 0 Å². The Balaban J connectivity index is 1.53. The second kappa shape index (κ2) is 8.91. The van der Waals surface area contributed by atoms with E-state index in [0.29, 0.717) is 12.2 Å². The van der Waals surface area contributed by atoms with Gasteiger partial charge in [-0.3, -0.25) is 9.59 Å². The number of nitrogens with one attached hydrogen (secondary N) is 2. The molecule has 0 bridgehead atoms. The van der Waals surface area contributed by atoms with Gasteiger partial charge < -0.3 is 10.6 Å². The third kappa shape index (κ3) is 5.92. The molecule has 0 aliphatic rings. The van der Waals surface area contributed by atoms with Gasteiger partial charge >= 0.3 is 6.18 Å². The third-order valence-electron chi connectivity index (χ3n) is 4.09. The number of hydrogen-bond acceptors (Lipinski definition) is 3. The normalized spacial score (nSPS) is 11.1. The molecule has 4 nitrogen and oxygen atoms in total. The van der Waals surface area contributed by atoms with Gasteiger partial charge in [-0.05, 0) is 53.4 Å². The lowest BCUT2D eigenvalue weighted by Gasteiger charge is -2.09. The van der Waals surface area contributed by atoms with E-state index in [1.54, 1.807) is 35.6 Å². The van der Waals surface area contributed by atoms with Gasteiger partial charge in [-0.2, -0.15) is 13.2 Å². The minimum atomic E-state index is -4.44. The molecule has 2 N–H and O–H groups in total. The Bertz CT molecular complexity index is 967. The number of benzene rings is 2. The summed E-state index contributed by atoms with van der Waals surface area (Å²) < 4.78 is 37.8. The molecular weight excluding hydrogens is 401 g/mol. The highest BCUT2D eigenvalue weighted by molar-refractivity contribution is 7.09. The second-order valence-corrected chi connectivity index (χ2v) is 7.29. The fourth-order valence-electron chi connectivity index (χ4n) is 2.57. The molecular formula is C21H17F3N2O2S. The Hall–Kier alpha value is -3.13. The first-order chi connectivity index (χ1) is 13.8. The highest BCUT2D eigenvalue weighted by Crippen LogP contribution is 2.29. The summed E-state index contributed by atoms with van der Waals surface area (Å²) in [6.45, 7) is 0.484. The molecule has 0 fully saturated rings. The van der Waals surface area contributed by atoms with E-state index in [1.807, 2.05) is 17.5 Å². The molecule has 3 aromatic rings. The molecule has 150 valence electrons. The molecule has 1 aromatic heterocycles. The average Bonchev–Trinajstić information content (AvgIpc) is 3.21. The van der Waals surface area contributed by atoms with Gasteiger partial charge in [0, 0.05) is 16.1 Å². The molecule has 3 rings (SSSR count). The first-order valence-electron chi connectivity index (χ1n) is 8.68. The molecule has 0 atom stereocenters. The van der Waals surface area contributed by atoms with Gasteiger partial charge in [-0.1, -0.05) is 18.2 Å². The van der Waals surface area contributed by atoms with Crippen molar-refractivity contribution in [2.75, 3.05) is 5.32 Å². The van der Waals surface area contributed by atoms with E-state index in [-0.39, 0.29) is 17.9 Å². The van der Waals surface area contributed by atoms with E-state index in [9.17, 15) is 22.8 Å². The summed E-state index contributed by atoms with van der Waals surface area (Å²) in [6, 6.07) is 14.6. The van der Waals surface area contributed by atoms with Crippen LogP contribution in [0.5, 0.6) is 0 Å². The van der Waals surface area contributed by atoms with Gasteiger partial charge in [0.25, 0.3) is 5.91 Å². The van der Waals surface area contributed by atoms with Crippen LogP contribution < -0.4 is 10.6 Å². The number of anilines is 1. The van der Waals surface area contributed by atoms with Crippen molar-refractivity contribution in [3.63, 3.8) is 0 Å². The first kappa shape index (κ1) is 20.6. The summed E-state index contributed by atoms with van der Waals surface area (Å²) in [5, 5.41) is 7.40. The zero-order chi connectivity index (χ0) is 20.9. The van der Waals surface area contributed by atoms with Crippen LogP contribution in [0.4, 0.5) is 18.9 Å². The van der Waals surface area contributed by atoms with Crippen LogP contribution in [0.3, 0.4) is 0 Å². The Morgan fingerprint density at radius 1 is 0.931 bits per heavy atom. The lowest BCUT2D eigenvalue weighted by atomic mass is 10.1. The molecule has 2 aromatic carbocycles. The summed E-state index contributed by atoms with van der Waals surface area (Å²) in [5.74, 6) is -0.625. The minimum absolute atomic E-state index is 0.111. The average molecular weight is 418 g/mol. The quantitative estimate of drug-likeness (QED) is 0.600. The highest BCUT2D eigenvalue weighted by Gasteiger charge is 2.30. The summed E-state index contributed by atoms with van der Waals surface area (Å²) in [5.41, 5.74) is 0.574. The number of halogens is 3. The van der Waals surface area contributed by atoms with Crippen molar-refractivity contribution in [3.8, 4) is 0 Å². The molecule has 0 aliphatic heterocycles. The van der Waals surface area contributed by atoms with Gasteiger partial charge in [0.05, 0.1) is 18.5 Å². The molecule has 8 heteroatoms. The van der Waals surface area contributed by atoms with Crippen LogP contribution >= 0.6 is 11.3 Å². The monoisotopic (exact) mass is 418 g/mol. The zero-order valence-electron chi connectivity index (χ0n) is 15.1. The number of rotatable bonds is 6. The molecule has 0 saturated heterocycles. The number of carbonyl (C=O) groups excluding carboxylic acids is 2. The number of alkyl halides is 3. The van der Waals surface area contributed by atoms with Crippen molar-refractivity contribution in [1.82, 2.24) is 5.32 Å². The van der Waals surface area contributed by atoms with Crippen molar-refractivity contribution in [2.45, 2.75) is 19.1 Å². The topological polar surface area (TPSA) is 58.2 Å². The molecule has 0 saturated carbocycles. The van der Waals surface area contributed by atoms with Crippen molar-refractivity contribution in [1.29, 1.82) is 0 Å². The molecule has 0 unspecified atom stereocenters. The predicted octanol–water partition coefficient (Wildman–Crippen LogP) is 4.88. The second-order valence-electron chi connectivity index (χ2n) is 6.26. The fourth-order valence-corrected chi connectivity index (χ4v) is 3.21. The fraction of sp³-hybridized carbons (Fsp3) is 0.143. The number of thiophene rings is 1. The maximum Gasteiger partial charge on any atom is 0.416 e. The number of carbonyl (C=O) groups is 2. The van der Waals surface area contributed by atoms with Crippen molar-refractivity contribution in [3.05, 3.63) is 87.6 Å². The first-order valence-corrected chi connectivity index (χ1v) is 9.56. The standard InChI is InChI=1S/C21H17F3N2O2S/c22-21(23,24)16-7-5-15(6-8-16)20(28)26-17-9-3-14(4-10-17)12-19(27)25-13-18-2-1-11-29-18/h1-11H,12-13H2,(H,25,27)(H,26,28). The van der Waals surface area contributed by atoms with E-state index < -0.39 is 17.6 Å². The number of amides is 2. The van der Waals surface area contributed by atoms with Crippen LogP contribution in [-0.2, 0) is 23.9 Å². The van der Waals surface area contributed by atoms with Crippen molar-refractivity contribution >= 4 is 28.8 Å². The lowest BCUT2D eigenvalue weighted by molar-refractivity contribution is -0.137. The van der Waals surface area contributed by atoms with E-state index in [4.69, 9.17) is 0 Å². The van der Waals surface area contributed by atoms with Crippen LogP contribution in [0.1, 0.15) is 26.4 Å². The Labute approximate surface area is 169 Å². The SMILES string of the molecule is O=C(Cc1ccc(NC(=O)c2ccc(C(F)(F)F)cc2)cc1)NCc1cccs1. The highest BCUT2D eigenvalue weighted by atomic mass is 32.1. The van der Waals surface area contributed by atoms with Crippen LogP contribution in [-0.4, -0.2) is 11.8 Å². The minimum Gasteiger partial charge on any atom is -0.351 e. The van der Waals surface area contributed by atoms with Gasteiger partial charge in [0.1, 0.15) is 0 Å². The smallest absolute Gasteiger partial charge is 0.351 e. The predicted molar refractivity (Wildman–Crippen MR) is 106 cm³/mol. The summed E-state index contributed by atoms with van der Waals surface area (Å²) in [4.78, 5) is 25.2. The van der Waals surface area contributed by atoms with Crippen LogP contribution in [0.15, 0.2) is 66.0 Å². The molecule has 0 radical (unpaired) electrons. The Kier molecular flexibility index (Phi) is 6.33. The van der Waals surface area contributed by atoms with Crippen molar-refractivity contribution < 1.29 is 22.8 Å².